The highest BCUT2D eigenvalue weighted by Crippen LogP contribution is 2.33. The second-order valence-electron chi connectivity index (χ2n) is 4.84. The van der Waals surface area contributed by atoms with Crippen LogP contribution < -0.4 is 5.32 Å². The van der Waals surface area contributed by atoms with Crippen molar-refractivity contribution in [2.75, 3.05) is 6.54 Å². The van der Waals surface area contributed by atoms with Crippen LogP contribution in [0.5, 0.6) is 0 Å². The zero-order valence-corrected chi connectivity index (χ0v) is 10.2. The second-order valence-corrected chi connectivity index (χ2v) is 4.84. The van der Waals surface area contributed by atoms with Crippen LogP contribution in [-0.2, 0) is 6.42 Å². The zero-order valence-electron chi connectivity index (χ0n) is 10.2. The Kier molecular flexibility index (Phi) is 4.34. The van der Waals surface area contributed by atoms with Gasteiger partial charge in [0.15, 0.2) is 0 Å². The lowest BCUT2D eigenvalue weighted by Crippen LogP contribution is -2.30. The van der Waals surface area contributed by atoms with E-state index >= 15 is 0 Å². The Labute approximate surface area is 98.5 Å². The fraction of sp³-hybridized carbons (Fsp3) is 0.643. The van der Waals surface area contributed by atoms with Crippen LogP contribution in [0.3, 0.4) is 0 Å². The van der Waals surface area contributed by atoms with E-state index in [-0.39, 0.29) is 0 Å². The first-order valence-electron chi connectivity index (χ1n) is 6.50. The van der Waals surface area contributed by atoms with Crippen LogP contribution in [0.25, 0.3) is 0 Å². The molecule has 1 aliphatic rings. The molecule has 1 saturated carbocycles. The highest BCUT2D eigenvalue weighted by Gasteiger charge is 2.24. The van der Waals surface area contributed by atoms with Crippen molar-refractivity contribution in [3.8, 4) is 0 Å². The summed E-state index contributed by atoms with van der Waals surface area (Å²) in [4.78, 5) is 4.03. The number of hydrogen-bond acceptors (Lipinski definition) is 2. The minimum absolute atomic E-state index is 0.731. The molecule has 1 aliphatic carbocycles. The normalized spacial score (nSPS) is 17.3. The number of nitrogens with one attached hydrogen (secondary N) is 1. The van der Waals surface area contributed by atoms with E-state index in [0.717, 1.165) is 24.9 Å². The lowest BCUT2D eigenvalue weighted by Gasteiger charge is -2.16. The van der Waals surface area contributed by atoms with Crippen molar-refractivity contribution in [3.63, 3.8) is 0 Å². The minimum Gasteiger partial charge on any atom is -0.314 e. The van der Waals surface area contributed by atoms with Crippen molar-refractivity contribution in [3.05, 3.63) is 30.1 Å². The summed E-state index contributed by atoms with van der Waals surface area (Å²) in [6, 6.07) is 4.93. The Morgan fingerprint density at radius 1 is 1.38 bits per heavy atom. The van der Waals surface area contributed by atoms with Crippen molar-refractivity contribution in [1.29, 1.82) is 0 Å². The molecular weight excluding hydrogens is 196 g/mol. The van der Waals surface area contributed by atoms with Gasteiger partial charge in [0.25, 0.3) is 0 Å². The van der Waals surface area contributed by atoms with E-state index in [1.54, 1.807) is 0 Å². The summed E-state index contributed by atoms with van der Waals surface area (Å²) in [6.45, 7) is 3.38. The fourth-order valence-electron chi connectivity index (χ4n) is 2.12. The molecule has 2 heteroatoms. The van der Waals surface area contributed by atoms with Gasteiger partial charge in [-0.05, 0) is 49.4 Å². The van der Waals surface area contributed by atoms with Gasteiger partial charge in [-0.2, -0.15) is 0 Å². The molecule has 1 aromatic rings. The summed E-state index contributed by atoms with van der Waals surface area (Å²) in [5.41, 5.74) is 1.38. The van der Waals surface area contributed by atoms with E-state index in [1.807, 2.05) is 12.4 Å². The first kappa shape index (κ1) is 11.6. The van der Waals surface area contributed by atoms with Crippen molar-refractivity contribution in [2.45, 2.75) is 45.1 Å². The molecule has 2 nitrogen and oxygen atoms in total. The molecule has 1 atom stereocenters. The third kappa shape index (κ3) is 3.93. The molecule has 0 bridgehead atoms. The maximum atomic E-state index is 4.03. The average molecular weight is 218 g/mol. The molecule has 1 N–H and O–H groups in total. The Balaban J connectivity index is 1.65. The molecule has 2 rings (SSSR count). The summed E-state index contributed by atoms with van der Waals surface area (Å²) in [7, 11) is 0. The maximum Gasteiger partial charge on any atom is 0.0270 e. The highest BCUT2D eigenvalue weighted by atomic mass is 14.9. The van der Waals surface area contributed by atoms with E-state index in [9.17, 15) is 0 Å². The van der Waals surface area contributed by atoms with Gasteiger partial charge < -0.3 is 5.32 Å². The van der Waals surface area contributed by atoms with Gasteiger partial charge in [-0.1, -0.05) is 19.8 Å². The van der Waals surface area contributed by atoms with Crippen LogP contribution in [0.4, 0.5) is 0 Å². The molecule has 1 heterocycles. The lowest BCUT2D eigenvalue weighted by molar-refractivity contribution is 0.449. The number of aromatic nitrogens is 1. The van der Waals surface area contributed by atoms with E-state index in [1.165, 1.54) is 31.2 Å². The topological polar surface area (TPSA) is 24.9 Å². The van der Waals surface area contributed by atoms with Gasteiger partial charge in [-0.25, -0.2) is 0 Å². The Hall–Kier alpha value is -0.890. The summed E-state index contributed by atoms with van der Waals surface area (Å²) in [6.07, 6.45) is 10.4. The third-order valence-electron chi connectivity index (χ3n) is 3.40. The lowest BCUT2D eigenvalue weighted by atomic mass is 10.1. The molecule has 16 heavy (non-hydrogen) atoms. The predicted octanol–water partition coefficient (Wildman–Crippen LogP) is 2.79. The van der Waals surface area contributed by atoms with Crippen LogP contribution in [0.15, 0.2) is 24.5 Å². The van der Waals surface area contributed by atoms with Crippen molar-refractivity contribution in [2.24, 2.45) is 5.92 Å². The van der Waals surface area contributed by atoms with Gasteiger partial charge in [0.1, 0.15) is 0 Å². The molecule has 0 amide bonds. The molecule has 88 valence electrons. The van der Waals surface area contributed by atoms with E-state index in [2.05, 4.69) is 29.4 Å². The van der Waals surface area contributed by atoms with Crippen LogP contribution in [0.2, 0.25) is 0 Å². The summed E-state index contributed by atoms with van der Waals surface area (Å²) in [5.74, 6) is 1.03. The SMILES string of the molecule is CCC(CC1CC1)NCCc1ccncc1. The summed E-state index contributed by atoms with van der Waals surface area (Å²) < 4.78 is 0. The molecule has 1 fully saturated rings. The predicted molar refractivity (Wildman–Crippen MR) is 67.4 cm³/mol. The Morgan fingerprint density at radius 2 is 2.12 bits per heavy atom. The van der Waals surface area contributed by atoms with Crippen LogP contribution in [-0.4, -0.2) is 17.6 Å². The summed E-state index contributed by atoms with van der Waals surface area (Å²) >= 11 is 0. The molecule has 1 aromatic heterocycles. The van der Waals surface area contributed by atoms with Gasteiger partial charge >= 0.3 is 0 Å². The largest absolute Gasteiger partial charge is 0.314 e. The zero-order chi connectivity index (χ0) is 11.2. The van der Waals surface area contributed by atoms with E-state index in [4.69, 9.17) is 0 Å². The number of hydrogen-bond donors (Lipinski definition) is 1. The molecule has 0 aromatic carbocycles. The second kappa shape index (κ2) is 6.00. The number of pyridine rings is 1. The molecule has 0 aliphatic heterocycles. The first-order valence-corrected chi connectivity index (χ1v) is 6.50. The molecule has 0 saturated heterocycles. The van der Waals surface area contributed by atoms with Gasteiger partial charge in [0, 0.05) is 18.4 Å². The Bertz CT molecular complexity index is 293. The first-order chi connectivity index (χ1) is 7.88. The quantitative estimate of drug-likeness (QED) is 0.761. The van der Waals surface area contributed by atoms with Gasteiger partial charge in [-0.3, -0.25) is 4.98 Å². The smallest absolute Gasteiger partial charge is 0.0270 e. The fourth-order valence-corrected chi connectivity index (χ4v) is 2.12. The molecular formula is C14H22N2. The van der Waals surface area contributed by atoms with Crippen LogP contribution in [0, 0.1) is 5.92 Å². The van der Waals surface area contributed by atoms with Crippen LogP contribution >= 0.6 is 0 Å². The molecule has 0 radical (unpaired) electrons. The van der Waals surface area contributed by atoms with Crippen molar-refractivity contribution in [1.82, 2.24) is 10.3 Å². The average Bonchev–Trinajstić information content (AvgIpc) is 3.13. The van der Waals surface area contributed by atoms with Gasteiger partial charge in [-0.15, -0.1) is 0 Å². The minimum atomic E-state index is 0.731. The van der Waals surface area contributed by atoms with E-state index in [0.29, 0.717) is 0 Å². The van der Waals surface area contributed by atoms with Crippen LogP contribution in [0.1, 0.15) is 38.2 Å². The monoisotopic (exact) mass is 218 g/mol. The van der Waals surface area contributed by atoms with Crippen molar-refractivity contribution < 1.29 is 0 Å². The highest BCUT2D eigenvalue weighted by molar-refractivity contribution is 5.09. The number of rotatable bonds is 7. The summed E-state index contributed by atoms with van der Waals surface area (Å²) in [5, 5.41) is 3.67. The van der Waals surface area contributed by atoms with Gasteiger partial charge in [0.2, 0.25) is 0 Å². The maximum absolute atomic E-state index is 4.03. The standard InChI is InChI=1S/C14H22N2/c1-2-14(11-13-3-4-13)16-10-7-12-5-8-15-9-6-12/h5-6,8-9,13-14,16H,2-4,7,10-11H2,1H3. The van der Waals surface area contributed by atoms with Crippen molar-refractivity contribution >= 4 is 0 Å². The Morgan fingerprint density at radius 3 is 2.75 bits per heavy atom. The van der Waals surface area contributed by atoms with Gasteiger partial charge in [0.05, 0.1) is 0 Å². The number of nitrogens with zero attached hydrogens (tertiary/aromatic N) is 1. The van der Waals surface area contributed by atoms with E-state index < -0.39 is 0 Å². The molecule has 1 unspecified atom stereocenters. The molecule has 0 spiro atoms. The third-order valence-corrected chi connectivity index (χ3v) is 3.40.